The van der Waals surface area contributed by atoms with Crippen molar-refractivity contribution in [2.45, 2.75) is 45.7 Å². The van der Waals surface area contributed by atoms with Gasteiger partial charge < -0.3 is 19.7 Å². The van der Waals surface area contributed by atoms with Crippen LogP contribution in [0.2, 0.25) is 0 Å². The molecule has 0 saturated heterocycles. The van der Waals surface area contributed by atoms with Crippen molar-refractivity contribution in [3.63, 3.8) is 0 Å². The Kier molecular flexibility index (Phi) is 4.84. The van der Waals surface area contributed by atoms with Gasteiger partial charge in [0.05, 0.1) is 18.9 Å². The summed E-state index contributed by atoms with van der Waals surface area (Å²) in [6.07, 6.45) is 2.39. The second-order valence-corrected chi connectivity index (χ2v) is 5.89. The summed E-state index contributed by atoms with van der Waals surface area (Å²) in [7, 11) is 0. The smallest absolute Gasteiger partial charge is 0.269 e. The molecule has 0 bridgehead atoms. The average molecular weight is 333 g/mol. The van der Waals surface area contributed by atoms with Gasteiger partial charge >= 0.3 is 0 Å². The largest absolute Gasteiger partial charge is 0.477 e. The molecule has 24 heavy (non-hydrogen) atoms. The first-order valence-corrected chi connectivity index (χ1v) is 8.27. The quantitative estimate of drug-likeness (QED) is 0.718. The molecule has 1 atom stereocenters. The van der Waals surface area contributed by atoms with Gasteiger partial charge in [0.1, 0.15) is 11.5 Å². The first kappa shape index (κ1) is 16.5. The molecule has 1 amide bonds. The highest BCUT2D eigenvalue weighted by Gasteiger charge is 2.26. The maximum atomic E-state index is 12.3. The summed E-state index contributed by atoms with van der Waals surface area (Å²) in [5.74, 6) is 1.15. The van der Waals surface area contributed by atoms with Crippen LogP contribution in [-0.2, 0) is 19.4 Å². The maximum absolute atomic E-state index is 12.3. The lowest BCUT2D eigenvalue weighted by atomic mass is 9.95. The van der Waals surface area contributed by atoms with E-state index in [4.69, 9.17) is 4.74 Å². The lowest BCUT2D eigenvalue weighted by Crippen LogP contribution is -2.39. The van der Waals surface area contributed by atoms with E-state index in [9.17, 15) is 9.90 Å². The Balaban J connectivity index is 1.65. The minimum absolute atomic E-state index is 0.0423. The summed E-state index contributed by atoms with van der Waals surface area (Å²) in [6, 6.07) is 1.65. The van der Waals surface area contributed by atoms with Gasteiger partial charge in [-0.15, -0.1) is 5.10 Å². The molecule has 8 nitrogen and oxygen atoms in total. The van der Waals surface area contributed by atoms with Crippen LogP contribution in [0.5, 0.6) is 5.88 Å². The van der Waals surface area contributed by atoms with Crippen LogP contribution in [-0.4, -0.2) is 50.0 Å². The first-order chi connectivity index (χ1) is 11.6. The fourth-order valence-electron chi connectivity index (χ4n) is 3.19. The molecule has 1 aliphatic carbocycles. The van der Waals surface area contributed by atoms with Crippen molar-refractivity contribution >= 4 is 5.91 Å². The fraction of sp³-hybridized carbons (Fsp3) is 0.562. The van der Waals surface area contributed by atoms with Gasteiger partial charge in [-0.2, -0.15) is 0 Å². The lowest BCUT2D eigenvalue weighted by molar-refractivity contribution is 0.0928. The number of hydrogen-bond acceptors (Lipinski definition) is 5. The number of amides is 1. The number of hydrogen-bond donors (Lipinski definition) is 3. The van der Waals surface area contributed by atoms with Gasteiger partial charge in [-0.1, -0.05) is 0 Å². The molecular weight excluding hydrogens is 310 g/mol. The molecule has 3 N–H and O–H groups in total. The molecule has 0 aromatic carbocycles. The van der Waals surface area contributed by atoms with Crippen molar-refractivity contribution in [2.75, 3.05) is 13.2 Å². The third kappa shape index (κ3) is 3.28. The Bertz CT molecular complexity index is 721. The lowest BCUT2D eigenvalue weighted by Gasteiger charge is -2.23. The highest BCUT2D eigenvalue weighted by molar-refractivity contribution is 5.92. The van der Waals surface area contributed by atoms with Gasteiger partial charge in [-0.3, -0.25) is 9.89 Å². The van der Waals surface area contributed by atoms with E-state index in [1.807, 2.05) is 13.8 Å². The number of aliphatic hydroxyl groups excluding tert-OH is 1. The maximum Gasteiger partial charge on any atom is 0.269 e. The van der Waals surface area contributed by atoms with Crippen LogP contribution in [0.25, 0.3) is 0 Å². The number of fused-ring (bicyclic) bond motifs is 1. The van der Waals surface area contributed by atoms with Crippen LogP contribution in [0.3, 0.4) is 0 Å². The minimum Gasteiger partial charge on any atom is -0.477 e. The number of aliphatic hydroxyl groups is 1. The van der Waals surface area contributed by atoms with Crippen LogP contribution in [0.1, 0.15) is 41.0 Å². The zero-order valence-electron chi connectivity index (χ0n) is 14.0. The zero-order chi connectivity index (χ0) is 17.1. The van der Waals surface area contributed by atoms with Gasteiger partial charge in [-0.05, 0) is 26.7 Å². The number of imidazole rings is 1. The summed E-state index contributed by atoms with van der Waals surface area (Å²) in [6.45, 7) is 4.99. The molecule has 0 saturated carbocycles. The van der Waals surface area contributed by atoms with Crippen LogP contribution >= 0.6 is 0 Å². The second-order valence-electron chi connectivity index (χ2n) is 5.89. The van der Waals surface area contributed by atoms with E-state index in [0.29, 0.717) is 31.1 Å². The number of H-pyrrole nitrogens is 1. The van der Waals surface area contributed by atoms with Crippen molar-refractivity contribution in [1.82, 2.24) is 25.1 Å². The van der Waals surface area contributed by atoms with Crippen LogP contribution in [0.4, 0.5) is 0 Å². The van der Waals surface area contributed by atoms with E-state index in [-0.39, 0.29) is 18.6 Å². The Morgan fingerprint density at radius 2 is 2.42 bits per heavy atom. The van der Waals surface area contributed by atoms with Crippen LogP contribution in [0, 0.1) is 6.92 Å². The van der Waals surface area contributed by atoms with Gasteiger partial charge in [0.2, 0.25) is 5.88 Å². The summed E-state index contributed by atoms with van der Waals surface area (Å²) in [4.78, 5) is 16.9. The number of aromatic nitrogens is 4. The molecular formula is C16H23N5O3. The summed E-state index contributed by atoms with van der Waals surface area (Å²) < 4.78 is 7.32. The predicted molar refractivity (Wildman–Crippen MR) is 87.1 cm³/mol. The molecule has 1 unspecified atom stereocenters. The molecule has 130 valence electrons. The topological polar surface area (TPSA) is 105 Å². The molecule has 1 aliphatic rings. The molecule has 2 aromatic heterocycles. The molecule has 3 rings (SSSR count). The Labute approximate surface area is 140 Å². The monoisotopic (exact) mass is 333 g/mol. The van der Waals surface area contributed by atoms with Gasteiger partial charge in [-0.25, -0.2) is 4.98 Å². The molecule has 0 spiro atoms. The molecule has 0 radical (unpaired) electrons. The van der Waals surface area contributed by atoms with E-state index in [1.165, 1.54) is 5.69 Å². The standard InChI is InChI=1S/C16H23N5O3/c1-3-24-15-9-13(19-20-15)16(23)18-11-4-5-14-12(8-11)17-10(2)21(14)6-7-22/h9,11,22H,3-8H2,1-2H3,(H,18,23)(H,19,20). The van der Waals surface area contributed by atoms with Crippen LogP contribution < -0.4 is 10.1 Å². The second kappa shape index (κ2) is 7.04. The zero-order valence-corrected chi connectivity index (χ0v) is 14.0. The Morgan fingerprint density at radius 3 is 3.17 bits per heavy atom. The van der Waals surface area contributed by atoms with Crippen molar-refractivity contribution in [3.8, 4) is 5.88 Å². The number of carbonyl (C=O) groups is 1. The number of aromatic amines is 1. The molecule has 0 aliphatic heterocycles. The highest BCUT2D eigenvalue weighted by atomic mass is 16.5. The Hall–Kier alpha value is -2.35. The molecule has 2 heterocycles. The highest BCUT2D eigenvalue weighted by Crippen LogP contribution is 2.23. The molecule has 2 aromatic rings. The van der Waals surface area contributed by atoms with Crippen molar-refractivity contribution in [1.29, 1.82) is 0 Å². The number of nitrogens with zero attached hydrogens (tertiary/aromatic N) is 3. The number of nitrogens with one attached hydrogen (secondary N) is 2. The van der Waals surface area contributed by atoms with Crippen molar-refractivity contribution in [2.24, 2.45) is 0 Å². The fourth-order valence-corrected chi connectivity index (χ4v) is 3.19. The third-order valence-corrected chi connectivity index (χ3v) is 4.27. The van der Waals surface area contributed by atoms with Gasteiger partial charge in [0, 0.05) is 30.8 Å². The van der Waals surface area contributed by atoms with E-state index < -0.39 is 0 Å². The summed E-state index contributed by atoms with van der Waals surface area (Å²) in [5.41, 5.74) is 2.58. The van der Waals surface area contributed by atoms with Crippen LogP contribution in [0.15, 0.2) is 6.07 Å². The number of ether oxygens (including phenoxy) is 1. The van der Waals surface area contributed by atoms with Gasteiger partial charge in [0.15, 0.2) is 0 Å². The number of carbonyl (C=O) groups excluding carboxylic acids is 1. The summed E-state index contributed by atoms with van der Waals surface area (Å²) >= 11 is 0. The Morgan fingerprint density at radius 1 is 1.58 bits per heavy atom. The first-order valence-electron chi connectivity index (χ1n) is 8.27. The number of rotatable bonds is 6. The van der Waals surface area contributed by atoms with E-state index in [1.54, 1.807) is 6.07 Å². The predicted octanol–water partition coefficient (Wildman–Crippen LogP) is 0.593. The SMILES string of the molecule is CCOc1cc(C(=O)NC2CCc3c(nc(C)n3CCO)C2)[nH]n1. The molecule has 8 heteroatoms. The summed E-state index contributed by atoms with van der Waals surface area (Å²) in [5, 5.41) is 18.8. The minimum atomic E-state index is -0.187. The van der Waals surface area contributed by atoms with Gasteiger partial charge in [0.25, 0.3) is 5.91 Å². The average Bonchev–Trinajstić information content (AvgIpc) is 3.13. The normalized spacial score (nSPS) is 16.7. The molecule has 0 fully saturated rings. The van der Waals surface area contributed by atoms with E-state index >= 15 is 0 Å². The van der Waals surface area contributed by atoms with E-state index in [0.717, 1.165) is 24.4 Å². The van der Waals surface area contributed by atoms with Crippen molar-refractivity contribution < 1.29 is 14.6 Å². The van der Waals surface area contributed by atoms with Crippen molar-refractivity contribution in [3.05, 3.63) is 29.0 Å². The third-order valence-electron chi connectivity index (χ3n) is 4.27. The van der Waals surface area contributed by atoms with E-state index in [2.05, 4.69) is 25.1 Å². The number of aryl methyl sites for hydroxylation is 1.